The zero-order valence-corrected chi connectivity index (χ0v) is 10.4. The van der Waals surface area contributed by atoms with E-state index in [1.807, 2.05) is 6.92 Å². The number of nitrogens with one attached hydrogen (secondary N) is 1. The number of aromatic nitrogens is 1. The van der Waals surface area contributed by atoms with Crippen LogP contribution in [0.1, 0.15) is 49.1 Å². The summed E-state index contributed by atoms with van der Waals surface area (Å²) in [5.74, 6) is 0. The maximum atomic E-state index is 4.50. The molecule has 16 heavy (non-hydrogen) atoms. The molecule has 0 bridgehead atoms. The first-order valence-electron chi connectivity index (χ1n) is 6.42. The lowest BCUT2D eigenvalue weighted by Gasteiger charge is -2.23. The van der Waals surface area contributed by atoms with E-state index in [-0.39, 0.29) is 0 Å². The SMILES string of the molecule is Cc1ccc(CNC2CCCCC2)c(C)n1. The van der Waals surface area contributed by atoms with E-state index in [1.54, 1.807) is 0 Å². The van der Waals surface area contributed by atoms with Gasteiger partial charge in [0.15, 0.2) is 0 Å². The van der Waals surface area contributed by atoms with E-state index < -0.39 is 0 Å². The smallest absolute Gasteiger partial charge is 0.0420 e. The molecule has 1 aromatic heterocycles. The van der Waals surface area contributed by atoms with E-state index in [1.165, 1.54) is 43.4 Å². The van der Waals surface area contributed by atoms with Gasteiger partial charge < -0.3 is 5.32 Å². The third kappa shape index (κ3) is 3.05. The largest absolute Gasteiger partial charge is 0.310 e. The minimum atomic E-state index is 0.731. The monoisotopic (exact) mass is 218 g/mol. The van der Waals surface area contributed by atoms with Crippen LogP contribution >= 0.6 is 0 Å². The number of hydrogen-bond acceptors (Lipinski definition) is 2. The molecule has 2 rings (SSSR count). The van der Waals surface area contributed by atoms with Crippen LogP contribution in [0.25, 0.3) is 0 Å². The summed E-state index contributed by atoms with van der Waals surface area (Å²) in [6, 6.07) is 5.03. The highest BCUT2D eigenvalue weighted by atomic mass is 14.9. The molecule has 2 heteroatoms. The highest BCUT2D eigenvalue weighted by molar-refractivity contribution is 5.21. The van der Waals surface area contributed by atoms with Gasteiger partial charge in [-0.05, 0) is 38.3 Å². The Bertz CT molecular complexity index is 341. The first-order chi connectivity index (χ1) is 7.75. The Morgan fingerprint density at radius 1 is 1.19 bits per heavy atom. The Balaban J connectivity index is 1.88. The minimum Gasteiger partial charge on any atom is -0.310 e. The number of rotatable bonds is 3. The Morgan fingerprint density at radius 3 is 2.62 bits per heavy atom. The van der Waals surface area contributed by atoms with E-state index in [4.69, 9.17) is 0 Å². The summed E-state index contributed by atoms with van der Waals surface area (Å²) in [6.07, 6.45) is 6.89. The fraction of sp³-hybridized carbons (Fsp3) is 0.643. The third-order valence-corrected chi connectivity index (χ3v) is 3.52. The molecule has 0 atom stereocenters. The molecule has 0 spiro atoms. The molecule has 0 radical (unpaired) electrons. The van der Waals surface area contributed by atoms with Crippen LogP contribution < -0.4 is 5.32 Å². The molecule has 0 amide bonds. The Kier molecular flexibility index (Phi) is 3.94. The van der Waals surface area contributed by atoms with Crippen molar-refractivity contribution >= 4 is 0 Å². The normalized spacial score (nSPS) is 17.6. The first kappa shape index (κ1) is 11.6. The third-order valence-electron chi connectivity index (χ3n) is 3.52. The van der Waals surface area contributed by atoms with Crippen molar-refractivity contribution in [2.75, 3.05) is 0 Å². The van der Waals surface area contributed by atoms with Crippen LogP contribution in [-0.2, 0) is 6.54 Å². The lowest BCUT2D eigenvalue weighted by Crippen LogP contribution is -2.30. The molecule has 1 saturated carbocycles. The summed E-state index contributed by atoms with van der Waals surface area (Å²) < 4.78 is 0. The first-order valence-corrected chi connectivity index (χ1v) is 6.42. The van der Waals surface area contributed by atoms with Crippen molar-refractivity contribution in [2.45, 2.75) is 58.5 Å². The van der Waals surface area contributed by atoms with Crippen molar-refractivity contribution in [1.29, 1.82) is 0 Å². The topological polar surface area (TPSA) is 24.9 Å². The standard InChI is InChI=1S/C14H22N2/c1-11-8-9-13(12(2)16-11)10-15-14-6-4-3-5-7-14/h8-9,14-15H,3-7,10H2,1-2H3. The summed E-state index contributed by atoms with van der Waals surface area (Å²) >= 11 is 0. The second-order valence-corrected chi connectivity index (χ2v) is 4.91. The van der Waals surface area contributed by atoms with Crippen molar-refractivity contribution < 1.29 is 0 Å². The lowest BCUT2D eigenvalue weighted by atomic mass is 9.95. The summed E-state index contributed by atoms with van der Waals surface area (Å²) in [7, 11) is 0. The van der Waals surface area contributed by atoms with Crippen LogP contribution in [0.15, 0.2) is 12.1 Å². The van der Waals surface area contributed by atoms with Crippen LogP contribution in [0.2, 0.25) is 0 Å². The molecule has 2 nitrogen and oxygen atoms in total. The van der Waals surface area contributed by atoms with Crippen LogP contribution in [0.5, 0.6) is 0 Å². The highest BCUT2D eigenvalue weighted by Crippen LogP contribution is 2.18. The van der Waals surface area contributed by atoms with Gasteiger partial charge >= 0.3 is 0 Å². The van der Waals surface area contributed by atoms with Gasteiger partial charge in [0, 0.05) is 24.0 Å². The van der Waals surface area contributed by atoms with Gasteiger partial charge in [0.2, 0.25) is 0 Å². The number of aryl methyl sites for hydroxylation is 2. The fourth-order valence-electron chi connectivity index (χ4n) is 2.46. The van der Waals surface area contributed by atoms with Crippen molar-refractivity contribution in [3.8, 4) is 0 Å². The van der Waals surface area contributed by atoms with E-state index in [9.17, 15) is 0 Å². The van der Waals surface area contributed by atoms with E-state index in [0.29, 0.717) is 0 Å². The van der Waals surface area contributed by atoms with Gasteiger partial charge in [0.05, 0.1) is 0 Å². The summed E-state index contributed by atoms with van der Waals surface area (Å²) in [4.78, 5) is 4.50. The maximum absolute atomic E-state index is 4.50. The molecule has 1 heterocycles. The quantitative estimate of drug-likeness (QED) is 0.843. The van der Waals surface area contributed by atoms with Crippen LogP contribution in [0.4, 0.5) is 0 Å². The average Bonchev–Trinajstić information content (AvgIpc) is 2.29. The Hall–Kier alpha value is -0.890. The van der Waals surface area contributed by atoms with Gasteiger partial charge in [0.1, 0.15) is 0 Å². The van der Waals surface area contributed by atoms with Gasteiger partial charge in [-0.15, -0.1) is 0 Å². The van der Waals surface area contributed by atoms with Crippen LogP contribution in [0.3, 0.4) is 0 Å². The molecule has 0 saturated heterocycles. The van der Waals surface area contributed by atoms with Gasteiger partial charge in [-0.2, -0.15) is 0 Å². The van der Waals surface area contributed by atoms with Gasteiger partial charge in [-0.3, -0.25) is 4.98 Å². The molecular weight excluding hydrogens is 196 g/mol. The zero-order valence-electron chi connectivity index (χ0n) is 10.4. The van der Waals surface area contributed by atoms with Crippen LogP contribution in [0, 0.1) is 13.8 Å². The van der Waals surface area contributed by atoms with Crippen molar-refractivity contribution in [1.82, 2.24) is 10.3 Å². The molecule has 0 unspecified atom stereocenters. The number of nitrogens with zero attached hydrogens (tertiary/aromatic N) is 1. The summed E-state index contributed by atoms with van der Waals surface area (Å²) in [5.41, 5.74) is 3.62. The second kappa shape index (κ2) is 5.44. The minimum absolute atomic E-state index is 0.731. The van der Waals surface area contributed by atoms with E-state index >= 15 is 0 Å². The van der Waals surface area contributed by atoms with Gasteiger partial charge in [-0.1, -0.05) is 25.3 Å². The Labute approximate surface area is 98.5 Å². The molecule has 0 aliphatic heterocycles. The number of pyridine rings is 1. The van der Waals surface area contributed by atoms with Crippen molar-refractivity contribution in [3.63, 3.8) is 0 Å². The fourth-order valence-corrected chi connectivity index (χ4v) is 2.46. The summed E-state index contributed by atoms with van der Waals surface area (Å²) in [5, 5.41) is 3.66. The molecule has 0 aromatic carbocycles. The zero-order chi connectivity index (χ0) is 11.4. The van der Waals surface area contributed by atoms with Gasteiger partial charge in [0.25, 0.3) is 0 Å². The molecule has 1 aliphatic rings. The van der Waals surface area contributed by atoms with E-state index in [0.717, 1.165) is 18.3 Å². The molecule has 1 fully saturated rings. The molecular formula is C14H22N2. The van der Waals surface area contributed by atoms with Crippen molar-refractivity contribution in [3.05, 3.63) is 29.1 Å². The molecule has 1 N–H and O–H groups in total. The maximum Gasteiger partial charge on any atom is 0.0420 e. The predicted molar refractivity (Wildman–Crippen MR) is 67.4 cm³/mol. The predicted octanol–water partition coefficient (Wildman–Crippen LogP) is 3.12. The Morgan fingerprint density at radius 2 is 1.94 bits per heavy atom. The van der Waals surface area contributed by atoms with E-state index in [2.05, 4.69) is 29.4 Å². The average molecular weight is 218 g/mol. The number of hydrogen-bond donors (Lipinski definition) is 1. The highest BCUT2D eigenvalue weighted by Gasteiger charge is 2.12. The van der Waals surface area contributed by atoms with Crippen molar-refractivity contribution in [2.24, 2.45) is 0 Å². The molecule has 1 aliphatic carbocycles. The lowest BCUT2D eigenvalue weighted by molar-refractivity contribution is 0.372. The molecule has 88 valence electrons. The van der Waals surface area contributed by atoms with Crippen LogP contribution in [-0.4, -0.2) is 11.0 Å². The van der Waals surface area contributed by atoms with Gasteiger partial charge in [-0.25, -0.2) is 0 Å². The molecule has 1 aromatic rings. The summed E-state index contributed by atoms with van der Waals surface area (Å²) in [6.45, 7) is 5.13. The second-order valence-electron chi connectivity index (χ2n) is 4.91.